The van der Waals surface area contributed by atoms with Gasteiger partial charge in [0.25, 0.3) is 0 Å². The number of carboxylic acids is 1. The molecule has 6 heteroatoms. The molecule has 0 radical (unpaired) electrons. The molecule has 1 fully saturated rings. The lowest BCUT2D eigenvalue weighted by molar-refractivity contribution is -0.138. The van der Waals surface area contributed by atoms with Gasteiger partial charge in [0.1, 0.15) is 11.9 Å². The molecule has 0 aliphatic heterocycles. The fourth-order valence-corrected chi connectivity index (χ4v) is 1.46. The van der Waals surface area contributed by atoms with Gasteiger partial charge in [0, 0.05) is 0 Å². The van der Waals surface area contributed by atoms with Crippen LogP contribution in [0.25, 0.3) is 0 Å². The predicted molar refractivity (Wildman–Crippen MR) is 54.8 cm³/mol. The Balaban J connectivity index is 2.05. The zero-order valence-corrected chi connectivity index (χ0v) is 8.61. The average Bonchev–Trinajstić information content (AvgIpc) is 3.00. The quantitative estimate of drug-likeness (QED) is 0.813. The topological polar surface area (TPSA) is 75.1 Å². The van der Waals surface area contributed by atoms with Crippen molar-refractivity contribution in [1.29, 1.82) is 0 Å². The van der Waals surface area contributed by atoms with Gasteiger partial charge in [-0.05, 0) is 30.9 Å². The van der Waals surface area contributed by atoms with Crippen molar-refractivity contribution in [1.82, 2.24) is 10.2 Å². The molecule has 0 amide bonds. The molecule has 1 aromatic rings. The molecule has 1 aliphatic carbocycles. The predicted octanol–water partition coefficient (Wildman–Crippen LogP) is 1.41. The molecule has 0 aromatic carbocycles. The van der Waals surface area contributed by atoms with Gasteiger partial charge in [0.05, 0.1) is 0 Å². The van der Waals surface area contributed by atoms with Crippen molar-refractivity contribution in [3.05, 3.63) is 17.3 Å². The summed E-state index contributed by atoms with van der Waals surface area (Å²) in [6.07, 6.45) is 1.90. The molecule has 1 heterocycles. The van der Waals surface area contributed by atoms with Gasteiger partial charge in [-0.1, -0.05) is 11.6 Å². The monoisotopic (exact) mass is 227 g/mol. The Bertz CT molecular complexity index is 364. The van der Waals surface area contributed by atoms with Crippen molar-refractivity contribution in [3.8, 4) is 0 Å². The third-order valence-electron chi connectivity index (χ3n) is 2.29. The van der Waals surface area contributed by atoms with E-state index in [9.17, 15) is 4.79 Å². The first-order chi connectivity index (χ1) is 7.16. The zero-order valence-electron chi connectivity index (χ0n) is 7.85. The van der Waals surface area contributed by atoms with E-state index in [1.807, 2.05) is 0 Å². The summed E-state index contributed by atoms with van der Waals surface area (Å²) in [5.74, 6) is -0.201. The minimum absolute atomic E-state index is 0.208. The largest absolute Gasteiger partial charge is 0.480 e. The summed E-state index contributed by atoms with van der Waals surface area (Å²) >= 11 is 5.57. The van der Waals surface area contributed by atoms with Crippen LogP contribution in [0.15, 0.2) is 12.1 Å². The summed E-state index contributed by atoms with van der Waals surface area (Å²) in [7, 11) is 0. The van der Waals surface area contributed by atoms with Gasteiger partial charge in [-0.3, -0.25) is 0 Å². The highest BCUT2D eigenvalue weighted by molar-refractivity contribution is 6.29. The number of rotatable bonds is 4. The fraction of sp³-hybridized carbons (Fsp3) is 0.444. The summed E-state index contributed by atoms with van der Waals surface area (Å²) in [6, 6.07) is 2.62. The van der Waals surface area contributed by atoms with Crippen LogP contribution in [0.1, 0.15) is 12.8 Å². The standard InChI is InChI=1S/C9H10ClN3O2/c10-6-3-4-7(13-12-6)11-8(9(14)15)5-1-2-5/h3-5,8H,1-2H2,(H,11,13)(H,14,15). The molecule has 5 nitrogen and oxygen atoms in total. The number of hydrogen-bond acceptors (Lipinski definition) is 4. The molecule has 2 N–H and O–H groups in total. The van der Waals surface area contributed by atoms with Crippen molar-refractivity contribution < 1.29 is 9.90 Å². The van der Waals surface area contributed by atoms with E-state index >= 15 is 0 Å². The van der Waals surface area contributed by atoms with Gasteiger partial charge in [0.15, 0.2) is 5.15 Å². The molecule has 0 bridgehead atoms. The minimum atomic E-state index is -0.853. The van der Waals surface area contributed by atoms with Gasteiger partial charge in [-0.2, -0.15) is 0 Å². The van der Waals surface area contributed by atoms with Gasteiger partial charge in [-0.15, -0.1) is 10.2 Å². The number of aliphatic carboxylic acids is 1. The van der Waals surface area contributed by atoms with Gasteiger partial charge in [-0.25, -0.2) is 4.79 Å². The number of nitrogens with one attached hydrogen (secondary N) is 1. The Morgan fingerprint density at radius 3 is 2.73 bits per heavy atom. The molecule has 80 valence electrons. The van der Waals surface area contributed by atoms with E-state index in [1.165, 1.54) is 0 Å². The highest BCUT2D eigenvalue weighted by Gasteiger charge is 2.36. The number of hydrogen-bond donors (Lipinski definition) is 2. The fourth-order valence-electron chi connectivity index (χ4n) is 1.36. The number of aromatic nitrogens is 2. The lowest BCUT2D eigenvalue weighted by Gasteiger charge is -2.13. The maximum Gasteiger partial charge on any atom is 0.326 e. The van der Waals surface area contributed by atoms with Crippen molar-refractivity contribution in [2.45, 2.75) is 18.9 Å². The van der Waals surface area contributed by atoms with E-state index in [1.54, 1.807) is 12.1 Å². The zero-order chi connectivity index (χ0) is 10.8. The molecule has 2 rings (SSSR count). The molecule has 1 unspecified atom stereocenters. The first-order valence-electron chi connectivity index (χ1n) is 4.65. The van der Waals surface area contributed by atoms with Crippen LogP contribution in [0, 0.1) is 5.92 Å². The molecule has 1 aliphatic rings. The molecule has 0 spiro atoms. The summed E-state index contributed by atoms with van der Waals surface area (Å²) in [4.78, 5) is 10.9. The van der Waals surface area contributed by atoms with Crippen LogP contribution in [0.4, 0.5) is 5.82 Å². The molecule has 0 saturated heterocycles. The van der Waals surface area contributed by atoms with E-state index in [0.717, 1.165) is 12.8 Å². The first-order valence-corrected chi connectivity index (χ1v) is 5.03. The summed E-state index contributed by atoms with van der Waals surface area (Å²) in [5, 5.41) is 19.5. The number of carboxylic acid groups (broad SMARTS) is 1. The summed E-state index contributed by atoms with van der Waals surface area (Å²) in [6.45, 7) is 0. The molecule has 1 saturated carbocycles. The summed E-state index contributed by atoms with van der Waals surface area (Å²) < 4.78 is 0. The maximum atomic E-state index is 10.9. The van der Waals surface area contributed by atoms with Gasteiger partial charge in [0.2, 0.25) is 0 Å². The van der Waals surface area contributed by atoms with E-state index in [-0.39, 0.29) is 5.92 Å². The van der Waals surface area contributed by atoms with E-state index in [2.05, 4.69) is 15.5 Å². The van der Waals surface area contributed by atoms with Crippen LogP contribution in [0.2, 0.25) is 5.15 Å². The van der Waals surface area contributed by atoms with Crippen LogP contribution in [-0.2, 0) is 4.79 Å². The highest BCUT2D eigenvalue weighted by atomic mass is 35.5. The van der Waals surface area contributed by atoms with E-state index < -0.39 is 12.0 Å². The average molecular weight is 228 g/mol. The van der Waals surface area contributed by atoms with Crippen LogP contribution in [0.3, 0.4) is 0 Å². The third kappa shape index (κ3) is 2.56. The first kappa shape index (κ1) is 10.2. The lowest BCUT2D eigenvalue weighted by atomic mass is 10.2. The number of halogens is 1. The highest BCUT2D eigenvalue weighted by Crippen LogP contribution is 2.34. The van der Waals surface area contributed by atoms with Crippen LogP contribution < -0.4 is 5.32 Å². The van der Waals surface area contributed by atoms with Crippen LogP contribution in [0.5, 0.6) is 0 Å². The normalized spacial score (nSPS) is 17.1. The van der Waals surface area contributed by atoms with Crippen molar-refractivity contribution in [3.63, 3.8) is 0 Å². The van der Waals surface area contributed by atoms with Crippen LogP contribution in [-0.4, -0.2) is 27.3 Å². The van der Waals surface area contributed by atoms with E-state index in [0.29, 0.717) is 11.0 Å². The Hall–Kier alpha value is -1.36. The second kappa shape index (κ2) is 4.02. The molecule has 15 heavy (non-hydrogen) atoms. The second-order valence-corrected chi connectivity index (χ2v) is 3.93. The molecule has 1 aromatic heterocycles. The SMILES string of the molecule is O=C(O)C(Nc1ccc(Cl)nn1)C1CC1. The van der Waals surface area contributed by atoms with Gasteiger partial charge >= 0.3 is 5.97 Å². The lowest BCUT2D eigenvalue weighted by Crippen LogP contribution is -2.31. The minimum Gasteiger partial charge on any atom is -0.480 e. The van der Waals surface area contributed by atoms with Gasteiger partial charge < -0.3 is 10.4 Å². The van der Waals surface area contributed by atoms with Crippen LogP contribution >= 0.6 is 11.6 Å². The summed E-state index contributed by atoms with van der Waals surface area (Å²) in [5.41, 5.74) is 0. The van der Waals surface area contributed by atoms with Crippen molar-refractivity contribution in [2.24, 2.45) is 5.92 Å². The van der Waals surface area contributed by atoms with E-state index in [4.69, 9.17) is 16.7 Å². The molecular weight excluding hydrogens is 218 g/mol. The second-order valence-electron chi connectivity index (χ2n) is 3.54. The molecule has 1 atom stereocenters. The van der Waals surface area contributed by atoms with Crippen molar-refractivity contribution in [2.75, 3.05) is 5.32 Å². The Morgan fingerprint density at radius 2 is 2.27 bits per heavy atom. The smallest absolute Gasteiger partial charge is 0.326 e. The van der Waals surface area contributed by atoms with Crippen molar-refractivity contribution >= 4 is 23.4 Å². The number of anilines is 1. The maximum absolute atomic E-state index is 10.9. The third-order valence-corrected chi connectivity index (χ3v) is 2.50. The Labute approximate surface area is 91.5 Å². The molecular formula is C9H10ClN3O2. The number of carbonyl (C=O) groups is 1. The number of nitrogens with zero attached hydrogens (tertiary/aromatic N) is 2. The Kier molecular flexibility index (Phi) is 2.73. The Morgan fingerprint density at radius 1 is 1.53 bits per heavy atom.